The van der Waals surface area contributed by atoms with E-state index in [2.05, 4.69) is 9.97 Å². The van der Waals surface area contributed by atoms with Crippen LogP contribution in [0.4, 0.5) is 5.69 Å². The van der Waals surface area contributed by atoms with E-state index in [0.29, 0.717) is 5.69 Å². The fourth-order valence-electron chi connectivity index (χ4n) is 1.13. The van der Waals surface area contributed by atoms with Gasteiger partial charge in [0.05, 0.1) is 5.69 Å². The first kappa shape index (κ1) is 10.4. The van der Waals surface area contributed by atoms with Crippen LogP contribution in [0.25, 0.3) is 0 Å². The summed E-state index contributed by atoms with van der Waals surface area (Å²) < 4.78 is 0.982. The van der Waals surface area contributed by atoms with Crippen LogP contribution in [-0.2, 0) is 0 Å². The zero-order chi connectivity index (χ0) is 10.8. The standard InChI is InChI=1S/C10H11N3S2/c1-6-3-8(11)9(12-4-6)15-10-13-7(2)5-14-10/h3-5H,11H2,1-2H3. The van der Waals surface area contributed by atoms with E-state index in [9.17, 15) is 0 Å². The van der Waals surface area contributed by atoms with Gasteiger partial charge in [0, 0.05) is 17.3 Å². The second-order valence-corrected chi connectivity index (χ2v) is 5.36. The van der Waals surface area contributed by atoms with Gasteiger partial charge in [-0.25, -0.2) is 9.97 Å². The molecule has 0 aliphatic heterocycles. The molecular weight excluding hydrogens is 226 g/mol. The Labute approximate surface area is 96.8 Å². The molecule has 2 N–H and O–H groups in total. The van der Waals surface area contributed by atoms with Crippen molar-refractivity contribution in [1.29, 1.82) is 0 Å². The molecular formula is C10H11N3S2. The molecule has 2 heterocycles. The Hall–Kier alpha value is -1.07. The lowest BCUT2D eigenvalue weighted by Crippen LogP contribution is -1.92. The van der Waals surface area contributed by atoms with Gasteiger partial charge in [0.1, 0.15) is 5.03 Å². The summed E-state index contributed by atoms with van der Waals surface area (Å²) in [6.45, 7) is 3.96. The third-order valence-electron chi connectivity index (χ3n) is 1.80. The highest BCUT2D eigenvalue weighted by Crippen LogP contribution is 2.32. The fourth-order valence-corrected chi connectivity index (χ4v) is 2.86. The number of nitrogens with zero attached hydrogens (tertiary/aromatic N) is 2. The van der Waals surface area contributed by atoms with Gasteiger partial charge >= 0.3 is 0 Å². The molecule has 0 saturated carbocycles. The van der Waals surface area contributed by atoms with Gasteiger partial charge in [-0.2, -0.15) is 0 Å². The van der Waals surface area contributed by atoms with Crippen LogP contribution in [-0.4, -0.2) is 9.97 Å². The first-order valence-corrected chi connectivity index (χ1v) is 6.17. The number of anilines is 1. The van der Waals surface area contributed by atoms with Crippen molar-refractivity contribution >= 4 is 28.8 Å². The molecule has 0 atom stereocenters. The molecule has 0 aromatic carbocycles. The molecule has 2 aromatic rings. The molecule has 0 aliphatic carbocycles. The predicted octanol–water partition coefficient (Wildman–Crippen LogP) is 2.89. The van der Waals surface area contributed by atoms with Gasteiger partial charge < -0.3 is 5.73 Å². The maximum atomic E-state index is 5.87. The first-order chi connectivity index (χ1) is 7.15. The monoisotopic (exact) mass is 237 g/mol. The second kappa shape index (κ2) is 4.20. The summed E-state index contributed by atoms with van der Waals surface area (Å²) in [6.07, 6.45) is 1.82. The van der Waals surface area contributed by atoms with Crippen LogP contribution in [0.1, 0.15) is 11.3 Å². The Morgan fingerprint density at radius 3 is 2.80 bits per heavy atom. The zero-order valence-corrected chi connectivity index (χ0v) is 10.2. The zero-order valence-electron chi connectivity index (χ0n) is 8.52. The van der Waals surface area contributed by atoms with Crippen molar-refractivity contribution < 1.29 is 0 Å². The number of hydrogen-bond acceptors (Lipinski definition) is 5. The number of hydrogen-bond donors (Lipinski definition) is 1. The lowest BCUT2D eigenvalue weighted by atomic mass is 10.3. The smallest absolute Gasteiger partial charge is 0.156 e. The summed E-state index contributed by atoms with van der Waals surface area (Å²) >= 11 is 3.13. The largest absolute Gasteiger partial charge is 0.397 e. The molecule has 0 amide bonds. The van der Waals surface area contributed by atoms with E-state index in [1.807, 2.05) is 31.5 Å². The molecule has 0 radical (unpaired) electrons. The first-order valence-electron chi connectivity index (χ1n) is 4.47. The SMILES string of the molecule is Cc1cnc(Sc2nc(C)cs2)c(N)c1. The van der Waals surface area contributed by atoms with Gasteiger partial charge in [0.2, 0.25) is 0 Å². The summed E-state index contributed by atoms with van der Waals surface area (Å²) in [5, 5.41) is 2.85. The van der Waals surface area contributed by atoms with Gasteiger partial charge in [0.15, 0.2) is 4.34 Å². The normalized spacial score (nSPS) is 10.5. The fraction of sp³-hybridized carbons (Fsp3) is 0.200. The predicted molar refractivity (Wildman–Crippen MR) is 64.4 cm³/mol. The van der Waals surface area contributed by atoms with Crippen molar-refractivity contribution in [2.75, 3.05) is 5.73 Å². The van der Waals surface area contributed by atoms with E-state index in [1.54, 1.807) is 11.3 Å². The van der Waals surface area contributed by atoms with Crippen LogP contribution < -0.4 is 5.73 Å². The summed E-state index contributed by atoms with van der Waals surface area (Å²) in [6, 6.07) is 1.93. The van der Waals surface area contributed by atoms with Crippen LogP contribution >= 0.6 is 23.1 Å². The Kier molecular flexibility index (Phi) is 2.93. The average molecular weight is 237 g/mol. The van der Waals surface area contributed by atoms with Crippen LogP contribution in [0, 0.1) is 13.8 Å². The minimum Gasteiger partial charge on any atom is -0.397 e. The highest BCUT2D eigenvalue weighted by atomic mass is 32.2. The Balaban J connectivity index is 2.24. The molecule has 78 valence electrons. The van der Waals surface area contributed by atoms with Crippen molar-refractivity contribution in [2.24, 2.45) is 0 Å². The summed E-state index contributed by atoms with van der Waals surface area (Å²) in [4.78, 5) is 8.64. The molecule has 0 saturated heterocycles. The van der Waals surface area contributed by atoms with Gasteiger partial charge in [-0.1, -0.05) is 0 Å². The minimum atomic E-state index is 0.716. The minimum absolute atomic E-state index is 0.716. The number of aryl methyl sites for hydroxylation is 2. The van der Waals surface area contributed by atoms with Crippen LogP contribution in [0.5, 0.6) is 0 Å². The van der Waals surface area contributed by atoms with Crippen LogP contribution in [0.3, 0.4) is 0 Å². The van der Waals surface area contributed by atoms with Crippen LogP contribution in [0.2, 0.25) is 0 Å². The molecule has 5 heteroatoms. The third kappa shape index (κ3) is 2.49. The van der Waals surface area contributed by atoms with Crippen LogP contribution in [0.15, 0.2) is 27.0 Å². The highest BCUT2D eigenvalue weighted by molar-refractivity contribution is 8.01. The third-order valence-corrected chi connectivity index (χ3v) is 3.89. The number of nitrogen functional groups attached to an aromatic ring is 1. The van der Waals surface area contributed by atoms with Crippen molar-refractivity contribution in [1.82, 2.24) is 9.97 Å². The molecule has 0 bridgehead atoms. The molecule has 0 aliphatic rings. The number of pyridine rings is 1. The van der Waals surface area contributed by atoms with Crippen molar-refractivity contribution in [2.45, 2.75) is 23.2 Å². The quantitative estimate of drug-likeness (QED) is 0.872. The van der Waals surface area contributed by atoms with Gasteiger partial charge in [-0.3, -0.25) is 0 Å². The van der Waals surface area contributed by atoms with Crippen molar-refractivity contribution in [3.63, 3.8) is 0 Å². The summed E-state index contributed by atoms with van der Waals surface area (Å²) in [5.74, 6) is 0. The number of nitrogens with two attached hydrogens (primary N) is 1. The van der Waals surface area contributed by atoms with E-state index >= 15 is 0 Å². The molecule has 2 rings (SSSR count). The summed E-state index contributed by atoms with van der Waals surface area (Å²) in [5.41, 5.74) is 8.70. The van der Waals surface area contributed by atoms with Gasteiger partial charge in [-0.05, 0) is 37.2 Å². The number of aromatic nitrogens is 2. The van der Waals surface area contributed by atoms with Gasteiger partial charge in [-0.15, -0.1) is 11.3 Å². The lowest BCUT2D eigenvalue weighted by molar-refractivity contribution is 1.10. The number of thiazole rings is 1. The summed E-state index contributed by atoms with van der Waals surface area (Å²) in [7, 11) is 0. The van der Waals surface area contributed by atoms with E-state index < -0.39 is 0 Å². The van der Waals surface area contributed by atoms with Crippen molar-refractivity contribution in [3.05, 3.63) is 28.9 Å². The molecule has 0 spiro atoms. The average Bonchev–Trinajstić information content (AvgIpc) is 2.56. The van der Waals surface area contributed by atoms with E-state index in [0.717, 1.165) is 20.6 Å². The van der Waals surface area contributed by atoms with E-state index in [4.69, 9.17) is 5.73 Å². The topological polar surface area (TPSA) is 51.8 Å². The molecule has 15 heavy (non-hydrogen) atoms. The maximum absolute atomic E-state index is 5.87. The highest BCUT2D eigenvalue weighted by Gasteiger charge is 2.06. The van der Waals surface area contributed by atoms with E-state index in [1.165, 1.54) is 11.8 Å². The molecule has 0 fully saturated rings. The Morgan fingerprint density at radius 1 is 1.40 bits per heavy atom. The van der Waals surface area contributed by atoms with Crippen molar-refractivity contribution in [3.8, 4) is 0 Å². The molecule has 2 aromatic heterocycles. The van der Waals surface area contributed by atoms with Gasteiger partial charge in [0.25, 0.3) is 0 Å². The van der Waals surface area contributed by atoms with E-state index in [-0.39, 0.29) is 0 Å². The maximum Gasteiger partial charge on any atom is 0.156 e. The second-order valence-electron chi connectivity index (χ2n) is 3.26. The Bertz CT molecular complexity index is 479. The lowest BCUT2D eigenvalue weighted by Gasteiger charge is -2.02. The molecule has 3 nitrogen and oxygen atoms in total. The Morgan fingerprint density at radius 2 is 2.20 bits per heavy atom. The molecule has 0 unspecified atom stereocenters. The number of rotatable bonds is 2.